The van der Waals surface area contributed by atoms with Gasteiger partial charge in [-0.25, -0.2) is 4.98 Å². The van der Waals surface area contributed by atoms with E-state index in [1.165, 1.54) is 36.8 Å². The van der Waals surface area contributed by atoms with Crippen LogP contribution in [0.5, 0.6) is 0 Å². The third kappa shape index (κ3) is 3.97. The highest BCUT2D eigenvalue weighted by Crippen LogP contribution is 2.22. The van der Waals surface area contributed by atoms with Crippen molar-refractivity contribution in [2.45, 2.75) is 52.1 Å². The molecule has 1 saturated carbocycles. The van der Waals surface area contributed by atoms with Gasteiger partial charge < -0.3 is 10.6 Å². The molecule has 0 spiro atoms. The van der Waals surface area contributed by atoms with Crippen LogP contribution in [0.1, 0.15) is 42.5 Å². The molecular weight excluding hydrogens is 272 g/mol. The Labute approximate surface area is 132 Å². The summed E-state index contributed by atoms with van der Waals surface area (Å²) in [5.74, 6) is 1.63. The second-order valence-electron chi connectivity index (χ2n) is 6.18. The normalized spacial score (nSPS) is 15.0. The Bertz CT molecular complexity index is 615. The Morgan fingerprint density at radius 1 is 1.05 bits per heavy atom. The Hall–Kier alpha value is -2.10. The SMILES string of the molecule is Cc1ccc(CNc2nc(C)cc(NC3CCCC3)n2)cc1. The van der Waals surface area contributed by atoms with E-state index in [-0.39, 0.29) is 0 Å². The first-order chi connectivity index (χ1) is 10.7. The molecule has 0 radical (unpaired) electrons. The summed E-state index contributed by atoms with van der Waals surface area (Å²) >= 11 is 0. The molecule has 2 aromatic rings. The van der Waals surface area contributed by atoms with Gasteiger partial charge in [0.05, 0.1) is 0 Å². The number of benzene rings is 1. The number of nitrogens with zero attached hydrogens (tertiary/aromatic N) is 2. The number of hydrogen-bond donors (Lipinski definition) is 2. The van der Waals surface area contributed by atoms with E-state index in [0.29, 0.717) is 12.0 Å². The molecule has 0 atom stereocenters. The summed E-state index contributed by atoms with van der Waals surface area (Å²) in [5.41, 5.74) is 3.50. The van der Waals surface area contributed by atoms with Crippen molar-refractivity contribution in [2.75, 3.05) is 10.6 Å². The first-order valence-corrected chi connectivity index (χ1v) is 8.11. The van der Waals surface area contributed by atoms with Gasteiger partial charge in [0, 0.05) is 24.3 Å². The van der Waals surface area contributed by atoms with Crippen molar-refractivity contribution in [3.8, 4) is 0 Å². The lowest BCUT2D eigenvalue weighted by atomic mass is 10.1. The lowest BCUT2D eigenvalue weighted by Gasteiger charge is -2.14. The monoisotopic (exact) mass is 296 g/mol. The second-order valence-corrected chi connectivity index (χ2v) is 6.18. The minimum Gasteiger partial charge on any atom is -0.367 e. The number of hydrogen-bond acceptors (Lipinski definition) is 4. The average Bonchev–Trinajstić information content (AvgIpc) is 2.99. The highest BCUT2D eigenvalue weighted by atomic mass is 15.1. The first-order valence-electron chi connectivity index (χ1n) is 8.11. The molecule has 22 heavy (non-hydrogen) atoms. The predicted molar refractivity (Wildman–Crippen MR) is 91.2 cm³/mol. The molecule has 4 nitrogen and oxygen atoms in total. The van der Waals surface area contributed by atoms with E-state index in [0.717, 1.165) is 18.1 Å². The fourth-order valence-corrected chi connectivity index (χ4v) is 2.89. The second kappa shape index (κ2) is 6.77. The van der Waals surface area contributed by atoms with Crippen molar-refractivity contribution >= 4 is 11.8 Å². The lowest BCUT2D eigenvalue weighted by Crippen LogP contribution is -2.16. The summed E-state index contributed by atoms with van der Waals surface area (Å²) in [6.07, 6.45) is 5.13. The zero-order valence-corrected chi connectivity index (χ0v) is 13.4. The Morgan fingerprint density at radius 2 is 1.77 bits per heavy atom. The van der Waals surface area contributed by atoms with Crippen LogP contribution in [0, 0.1) is 13.8 Å². The maximum absolute atomic E-state index is 4.60. The van der Waals surface area contributed by atoms with Gasteiger partial charge in [0.2, 0.25) is 5.95 Å². The number of aromatic nitrogens is 2. The Balaban J connectivity index is 1.65. The molecule has 0 amide bonds. The molecule has 1 aliphatic carbocycles. The van der Waals surface area contributed by atoms with E-state index >= 15 is 0 Å². The summed E-state index contributed by atoms with van der Waals surface area (Å²) in [5, 5.41) is 6.86. The zero-order chi connectivity index (χ0) is 15.4. The molecule has 0 aliphatic heterocycles. The Morgan fingerprint density at radius 3 is 2.50 bits per heavy atom. The molecule has 0 bridgehead atoms. The minimum atomic E-state index is 0.569. The van der Waals surface area contributed by atoms with Crippen LogP contribution in [0.25, 0.3) is 0 Å². The van der Waals surface area contributed by atoms with E-state index < -0.39 is 0 Å². The highest BCUT2D eigenvalue weighted by molar-refractivity contribution is 5.43. The van der Waals surface area contributed by atoms with E-state index in [1.54, 1.807) is 0 Å². The van der Waals surface area contributed by atoms with Gasteiger partial charge in [-0.2, -0.15) is 4.98 Å². The lowest BCUT2D eigenvalue weighted by molar-refractivity contribution is 0.749. The molecule has 1 heterocycles. The molecule has 0 saturated heterocycles. The molecule has 1 aliphatic rings. The maximum Gasteiger partial charge on any atom is 0.225 e. The largest absolute Gasteiger partial charge is 0.367 e. The number of anilines is 2. The van der Waals surface area contributed by atoms with Crippen LogP contribution in [0.2, 0.25) is 0 Å². The van der Waals surface area contributed by atoms with Crippen molar-refractivity contribution in [1.82, 2.24) is 9.97 Å². The number of rotatable bonds is 5. The summed E-state index contributed by atoms with van der Waals surface area (Å²) in [4.78, 5) is 9.08. The fourth-order valence-electron chi connectivity index (χ4n) is 2.89. The van der Waals surface area contributed by atoms with Gasteiger partial charge in [0.1, 0.15) is 5.82 Å². The predicted octanol–water partition coefficient (Wildman–Crippen LogP) is 4.06. The third-order valence-electron chi connectivity index (χ3n) is 4.13. The number of aryl methyl sites for hydroxylation is 2. The topological polar surface area (TPSA) is 49.8 Å². The fraction of sp³-hybridized carbons (Fsp3) is 0.444. The minimum absolute atomic E-state index is 0.569. The third-order valence-corrected chi connectivity index (χ3v) is 4.13. The first kappa shape index (κ1) is 14.8. The molecule has 1 fully saturated rings. The average molecular weight is 296 g/mol. The van der Waals surface area contributed by atoms with Crippen LogP contribution < -0.4 is 10.6 Å². The van der Waals surface area contributed by atoms with Crippen molar-refractivity contribution in [3.63, 3.8) is 0 Å². The summed E-state index contributed by atoms with van der Waals surface area (Å²) in [7, 11) is 0. The van der Waals surface area contributed by atoms with Gasteiger partial charge in [-0.05, 0) is 32.3 Å². The van der Waals surface area contributed by atoms with Crippen molar-refractivity contribution in [3.05, 3.63) is 47.2 Å². The van der Waals surface area contributed by atoms with Gasteiger partial charge in [-0.1, -0.05) is 42.7 Å². The molecule has 1 aromatic carbocycles. The Kier molecular flexibility index (Phi) is 4.56. The van der Waals surface area contributed by atoms with Gasteiger partial charge in [0.25, 0.3) is 0 Å². The molecule has 1 aromatic heterocycles. The summed E-state index contributed by atoms with van der Waals surface area (Å²) < 4.78 is 0. The van der Waals surface area contributed by atoms with E-state index in [1.807, 2.05) is 13.0 Å². The van der Waals surface area contributed by atoms with Crippen molar-refractivity contribution < 1.29 is 0 Å². The smallest absolute Gasteiger partial charge is 0.225 e. The van der Waals surface area contributed by atoms with Crippen molar-refractivity contribution in [2.24, 2.45) is 0 Å². The van der Waals surface area contributed by atoms with Gasteiger partial charge in [-0.3, -0.25) is 0 Å². The van der Waals surface area contributed by atoms with Crippen LogP contribution in [-0.4, -0.2) is 16.0 Å². The molecule has 0 unspecified atom stereocenters. The number of nitrogens with one attached hydrogen (secondary N) is 2. The standard InChI is InChI=1S/C18H24N4/c1-13-7-9-15(10-8-13)12-19-18-20-14(2)11-17(22-18)21-16-5-3-4-6-16/h7-11,16H,3-6,12H2,1-2H3,(H2,19,20,21,22). The van der Waals surface area contributed by atoms with Gasteiger partial charge >= 0.3 is 0 Å². The molecule has 4 heteroatoms. The quantitative estimate of drug-likeness (QED) is 0.873. The van der Waals surface area contributed by atoms with Gasteiger partial charge in [-0.15, -0.1) is 0 Å². The zero-order valence-electron chi connectivity index (χ0n) is 13.4. The van der Waals surface area contributed by atoms with Crippen LogP contribution in [0.3, 0.4) is 0 Å². The van der Waals surface area contributed by atoms with Crippen LogP contribution in [0.4, 0.5) is 11.8 Å². The van der Waals surface area contributed by atoms with E-state index in [9.17, 15) is 0 Å². The van der Waals surface area contributed by atoms with Crippen LogP contribution in [-0.2, 0) is 6.54 Å². The summed E-state index contributed by atoms with van der Waals surface area (Å²) in [6, 6.07) is 11.1. The molecule has 3 rings (SSSR count). The van der Waals surface area contributed by atoms with Crippen molar-refractivity contribution in [1.29, 1.82) is 0 Å². The highest BCUT2D eigenvalue weighted by Gasteiger charge is 2.15. The van der Waals surface area contributed by atoms with Crippen LogP contribution >= 0.6 is 0 Å². The van der Waals surface area contributed by atoms with E-state index in [2.05, 4.69) is 51.8 Å². The maximum atomic E-state index is 4.60. The van der Waals surface area contributed by atoms with Gasteiger partial charge in [0.15, 0.2) is 0 Å². The molecular formula is C18H24N4. The summed E-state index contributed by atoms with van der Waals surface area (Å²) in [6.45, 7) is 4.85. The van der Waals surface area contributed by atoms with E-state index in [4.69, 9.17) is 0 Å². The van der Waals surface area contributed by atoms with Crippen LogP contribution in [0.15, 0.2) is 30.3 Å². The molecule has 116 valence electrons. The molecule has 2 N–H and O–H groups in total.